The first kappa shape index (κ1) is 8.09. The SMILES string of the molecule is O=C(NCC#CCO)C1CC1. The molecule has 0 aromatic rings. The third kappa shape index (κ3) is 3.06. The fourth-order valence-corrected chi connectivity index (χ4v) is 0.740. The molecule has 1 saturated carbocycles. The third-order valence-electron chi connectivity index (χ3n) is 1.50. The molecule has 0 aromatic heterocycles. The fourth-order valence-electron chi connectivity index (χ4n) is 0.740. The molecule has 1 rings (SSSR count). The quantitative estimate of drug-likeness (QED) is 0.526. The normalized spacial score (nSPS) is 15.0. The summed E-state index contributed by atoms with van der Waals surface area (Å²) < 4.78 is 0. The standard InChI is InChI=1S/C8H11NO2/c10-6-2-1-5-9-8(11)7-3-4-7/h7,10H,3-6H2,(H,9,11). The zero-order valence-corrected chi connectivity index (χ0v) is 6.26. The van der Waals surface area contributed by atoms with Crippen molar-refractivity contribution in [1.29, 1.82) is 0 Å². The Bertz CT molecular complexity index is 198. The topological polar surface area (TPSA) is 49.3 Å². The van der Waals surface area contributed by atoms with Gasteiger partial charge >= 0.3 is 0 Å². The second-order valence-electron chi connectivity index (χ2n) is 2.50. The van der Waals surface area contributed by atoms with Crippen molar-refractivity contribution in [3.05, 3.63) is 0 Å². The maximum absolute atomic E-state index is 10.9. The molecule has 0 aromatic carbocycles. The zero-order valence-electron chi connectivity index (χ0n) is 6.26. The number of aliphatic hydroxyl groups is 1. The molecule has 1 aliphatic carbocycles. The second kappa shape index (κ2) is 3.99. The lowest BCUT2D eigenvalue weighted by atomic mass is 10.4. The van der Waals surface area contributed by atoms with Crippen LogP contribution in [0.5, 0.6) is 0 Å². The van der Waals surface area contributed by atoms with E-state index in [1.165, 1.54) is 0 Å². The smallest absolute Gasteiger partial charge is 0.223 e. The third-order valence-corrected chi connectivity index (χ3v) is 1.50. The van der Waals surface area contributed by atoms with E-state index in [1.54, 1.807) is 0 Å². The Morgan fingerprint density at radius 1 is 1.55 bits per heavy atom. The van der Waals surface area contributed by atoms with Gasteiger partial charge in [0.25, 0.3) is 0 Å². The van der Waals surface area contributed by atoms with E-state index in [0.29, 0.717) is 6.54 Å². The molecule has 0 heterocycles. The van der Waals surface area contributed by atoms with Gasteiger partial charge in [-0.05, 0) is 12.8 Å². The van der Waals surface area contributed by atoms with Crippen LogP contribution in [-0.4, -0.2) is 24.2 Å². The molecule has 3 heteroatoms. The number of carbonyl (C=O) groups excluding carboxylic acids is 1. The number of carbonyl (C=O) groups is 1. The van der Waals surface area contributed by atoms with Crippen molar-refractivity contribution in [1.82, 2.24) is 5.32 Å². The predicted molar refractivity (Wildman–Crippen MR) is 40.6 cm³/mol. The van der Waals surface area contributed by atoms with Crippen molar-refractivity contribution in [2.75, 3.05) is 13.2 Å². The van der Waals surface area contributed by atoms with Crippen molar-refractivity contribution in [2.45, 2.75) is 12.8 Å². The van der Waals surface area contributed by atoms with Crippen LogP contribution in [0.4, 0.5) is 0 Å². The van der Waals surface area contributed by atoms with E-state index in [0.717, 1.165) is 12.8 Å². The van der Waals surface area contributed by atoms with Crippen LogP contribution >= 0.6 is 0 Å². The van der Waals surface area contributed by atoms with Crippen LogP contribution < -0.4 is 5.32 Å². The van der Waals surface area contributed by atoms with Gasteiger partial charge in [-0.25, -0.2) is 0 Å². The van der Waals surface area contributed by atoms with Gasteiger partial charge in [0, 0.05) is 5.92 Å². The number of hydrogen-bond donors (Lipinski definition) is 2. The number of hydrogen-bond acceptors (Lipinski definition) is 2. The van der Waals surface area contributed by atoms with Crippen LogP contribution in [0.2, 0.25) is 0 Å². The molecule has 2 N–H and O–H groups in total. The molecule has 0 atom stereocenters. The highest BCUT2D eigenvalue weighted by molar-refractivity contribution is 5.80. The molecule has 1 aliphatic rings. The van der Waals surface area contributed by atoms with Crippen molar-refractivity contribution in [2.24, 2.45) is 5.92 Å². The summed E-state index contributed by atoms with van der Waals surface area (Å²) in [5.74, 6) is 5.41. The van der Waals surface area contributed by atoms with E-state index in [2.05, 4.69) is 17.2 Å². The molecule has 1 fully saturated rings. The highest BCUT2D eigenvalue weighted by Gasteiger charge is 2.28. The molecule has 0 saturated heterocycles. The monoisotopic (exact) mass is 153 g/mol. The molecule has 0 bridgehead atoms. The van der Waals surface area contributed by atoms with Gasteiger partial charge in [-0.1, -0.05) is 11.8 Å². The van der Waals surface area contributed by atoms with Gasteiger partial charge in [0.15, 0.2) is 0 Å². The Kier molecular flexibility index (Phi) is 2.94. The summed E-state index contributed by atoms with van der Waals surface area (Å²) in [7, 11) is 0. The van der Waals surface area contributed by atoms with Gasteiger partial charge in [-0.2, -0.15) is 0 Å². The van der Waals surface area contributed by atoms with Gasteiger partial charge in [0.1, 0.15) is 6.61 Å². The molecule has 1 amide bonds. The Labute approximate surface area is 65.8 Å². The number of nitrogens with one attached hydrogen (secondary N) is 1. The molecule has 3 nitrogen and oxygen atoms in total. The largest absolute Gasteiger partial charge is 0.384 e. The molecular weight excluding hydrogens is 142 g/mol. The maximum atomic E-state index is 10.9. The first-order valence-corrected chi connectivity index (χ1v) is 3.69. The lowest BCUT2D eigenvalue weighted by Gasteiger charge is -1.95. The summed E-state index contributed by atoms with van der Waals surface area (Å²) >= 11 is 0. The van der Waals surface area contributed by atoms with E-state index in [4.69, 9.17) is 5.11 Å². The van der Waals surface area contributed by atoms with Gasteiger partial charge in [-0.3, -0.25) is 4.79 Å². The molecule has 0 aliphatic heterocycles. The summed E-state index contributed by atoms with van der Waals surface area (Å²) in [6.07, 6.45) is 2.03. The van der Waals surface area contributed by atoms with Crippen molar-refractivity contribution in [3.63, 3.8) is 0 Å². The number of amides is 1. The van der Waals surface area contributed by atoms with E-state index in [1.807, 2.05) is 0 Å². The van der Waals surface area contributed by atoms with Gasteiger partial charge in [0.2, 0.25) is 5.91 Å². The van der Waals surface area contributed by atoms with E-state index in [9.17, 15) is 4.79 Å². The van der Waals surface area contributed by atoms with E-state index >= 15 is 0 Å². The van der Waals surface area contributed by atoms with E-state index in [-0.39, 0.29) is 18.4 Å². The molecular formula is C8H11NO2. The molecule has 0 unspecified atom stereocenters. The number of aliphatic hydroxyl groups excluding tert-OH is 1. The Balaban J connectivity index is 2.06. The Hall–Kier alpha value is -1.01. The van der Waals surface area contributed by atoms with Crippen LogP contribution in [0.1, 0.15) is 12.8 Å². The van der Waals surface area contributed by atoms with Crippen LogP contribution in [0.25, 0.3) is 0 Å². The predicted octanol–water partition coefficient (Wildman–Crippen LogP) is -0.492. The zero-order chi connectivity index (χ0) is 8.10. The van der Waals surface area contributed by atoms with Gasteiger partial charge in [-0.15, -0.1) is 0 Å². The first-order valence-electron chi connectivity index (χ1n) is 3.69. The summed E-state index contributed by atoms with van der Waals surface area (Å²) in [5, 5.41) is 10.9. The van der Waals surface area contributed by atoms with Crippen molar-refractivity contribution >= 4 is 5.91 Å². The average Bonchev–Trinajstić information content (AvgIpc) is 2.79. The first-order chi connectivity index (χ1) is 5.34. The van der Waals surface area contributed by atoms with Crippen molar-refractivity contribution < 1.29 is 9.90 Å². The lowest BCUT2D eigenvalue weighted by Crippen LogP contribution is -2.24. The minimum Gasteiger partial charge on any atom is -0.384 e. The minimum atomic E-state index is -0.140. The molecule has 0 radical (unpaired) electrons. The van der Waals surface area contributed by atoms with Crippen molar-refractivity contribution in [3.8, 4) is 11.8 Å². The van der Waals surface area contributed by atoms with Crippen LogP contribution in [-0.2, 0) is 4.79 Å². The summed E-state index contributed by atoms with van der Waals surface area (Å²) in [5.41, 5.74) is 0. The van der Waals surface area contributed by atoms with E-state index < -0.39 is 0 Å². The Morgan fingerprint density at radius 3 is 2.82 bits per heavy atom. The number of rotatable bonds is 2. The van der Waals surface area contributed by atoms with Crippen LogP contribution in [0.15, 0.2) is 0 Å². The molecule has 0 spiro atoms. The average molecular weight is 153 g/mol. The minimum absolute atomic E-state index is 0.0947. The van der Waals surface area contributed by atoms with Crippen LogP contribution in [0, 0.1) is 17.8 Å². The fraction of sp³-hybridized carbons (Fsp3) is 0.625. The molecule has 60 valence electrons. The lowest BCUT2D eigenvalue weighted by molar-refractivity contribution is -0.122. The van der Waals surface area contributed by atoms with Crippen LogP contribution in [0.3, 0.4) is 0 Å². The van der Waals surface area contributed by atoms with Gasteiger partial charge in [0.05, 0.1) is 6.54 Å². The molecule has 11 heavy (non-hydrogen) atoms. The summed E-state index contributed by atoms with van der Waals surface area (Å²) in [6.45, 7) is 0.217. The maximum Gasteiger partial charge on any atom is 0.223 e. The summed E-state index contributed by atoms with van der Waals surface area (Å²) in [6, 6.07) is 0. The Morgan fingerprint density at radius 2 is 2.27 bits per heavy atom. The van der Waals surface area contributed by atoms with Gasteiger partial charge < -0.3 is 10.4 Å². The highest BCUT2D eigenvalue weighted by atomic mass is 16.2. The summed E-state index contributed by atoms with van der Waals surface area (Å²) in [4.78, 5) is 10.9. The highest BCUT2D eigenvalue weighted by Crippen LogP contribution is 2.28. The second-order valence-corrected chi connectivity index (χ2v) is 2.50.